The summed E-state index contributed by atoms with van der Waals surface area (Å²) in [7, 11) is 2.18. The van der Waals surface area contributed by atoms with E-state index in [1.54, 1.807) is 0 Å². The third kappa shape index (κ3) is 2.35. The van der Waals surface area contributed by atoms with Crippen molar-refractivity contribution >= 4 is 22.5 Å². The monoisotopic (exact) mass is 342 g/mol. The first-order valence-corrected chi connectivity index (χ1v) is 8.77. The first-order valence-electron chi connectivity index (χ1n) is 8.39. The van der Waals surface area contributed by atoms with Crippen molar-refractivity contribution in [2.45, 2.75) is 25.8 Å². The lowest BCUT2D eigenvalue weighted by Gasteiger charge is -2.33. The van der Waals surface area contributed by atoms with E-state index in [1.165, 1.54) is 28.8 Å². The van der Waals surface area contributed by atoms with E-state index in [-0.39, 0.29) is 5.82 Å². The van der Waals surface area contributed by atoms with Crippen molar-refractivity contribution in [1.29, 1.82) is 0 Å². The summed E-state index contributed by atoms with van der Waals surface area (Å²) in [5.74, 6) is -0.212. The van der Waals surface area contributed by atoms with E-state index in [9.17, 15) is 4.39 Å². The quantitative estimate of drug-likeness (QED) is 0.608. The number of benzene rings is 2. The van der Waals surface area contributed by atoms with E-state index in [0.29, 0.717) is 6.04 Å². The molecule has 124 valence electrons. The van der Waals surface area contributed by atoms with Crippen LogP contribution in [-0.2, 0) is 6.42 Å². The van der Waals surface area contributed by atoms with Crippen LogP contribution in [0.3, 0.4) is 0 Å². The van der Waals surface area contributed by atoms with Gasteiger partial charge in [0, 0.05) is 28.3 Å². The van der Waals surface area contributed by atoms with E-state index < -0.39 is 0 Å². The highest BCUT2D eigenvalue weighted by Gasteiger charge is 2.30. The first kappa shape index (κ1) is 15.7. The molecular formula is C20H20ClFN2. The summed E-state index contributed by atoms with van der Waals surface area (Å²) in [6.45, 7) is 3.26. The Labute approximate surface area is 146 Å². The van der Waals surface area contributed by atoms with Gasteiger partial charge in [0.1, 0.15) is 5.82 Å². The number of likely N-dealkylation sites (N-methyl/N-ethyl adjacent to an activating group) is 1. The molecule has 1 unspecified atom stereocenters. The van der Waals surface area contributed by atoms with Crippen LogP contribution in [0.4, 0.5) is 4.39 Å². The van der Waals surface area contributed by atoms with Crippen LogP contribution in [0.2, 0.25) is 5.02 Å². The van der Waals surface area contributed by atoms with Crippen molar-refractivity contribution < 1.29 is 4.39 Å². The molecule has 0 saturated heterocycles. The van der Waals surface area contributed by atoms with E-state index in [0.717, 1.165) is 35.6 Å². The Morgan fingerprint density at radius 3 is 2.62 bits per heavy atom. The molecule has 4 rings (SSSR count). The summed E-state index contributed by atoms with van der Waals surface area (Å²) in [6.07, 6.45) is 2.04. The Hall–Kier alpha value is -1.84. The Morgan fingerprint density at radius 2 is 1.92 bits per heavy atom. The van der Waals surface area contributed by atoms with Crippen molar-refractivity contribution in [3.63, 3.8) is 0 Å². The molecule has 1 atom stereocenters. The number of fused-ring (bicyclic) bond motifs is 3. The molecule has 2 aromatic carbocycles. The average molecular weight is 343 g/mol. The topological polar surface area (TPSA) is 8.17 Å². The molecule has 0 spiro atoms. The molecule has 3 aromatic rings. The maximum Gasteiger partial charge on any atom is 0.123 e. The van der Waals surface area contributed by atoms with Crippen molar-refractivity contribution in [2.75, 3.05) is 13.6 Å². The highest BCUT2D eigenvalue weighted by molar-refractivity contribution is 6.31. The van der Waals surface area contributed by atoms with E-state index >= 15 is 0 Å². The number of aromatic nitrogens is 1. The van der Waals surface area contributed by atoms with Crippen LogP contribution in [-0.4, -0.2) is 23.1 Å². The van der Waals surface area contributed by atoms with Crippen molar-refractivity contribution in [3.8, 4) is 5.69 Å². The van der Waals surface area contributed by atoms with Gasteiger partial charge in [-0.05, 0) is 67.9 Å². The smallest absolute Gasteiger partial charge is 0.123 e. The predicted molar refractivity (Wildman–Crippen MR) is 97.6 cm³/mol. The second-order valence-electron chi connectivity index (χ2n) is 6.49. The van der Waals surface area contributed by atoms with Gasteiger partial charge in [0.15, 0.2) is 0 Å². The van der Waals surface area contributed by atoms with Gasteiger partial charge in [0.05, 0.1) is 11.6 Å². The Balaban J connectivity index is 2.07. The molecule has 0 radical (unpaired) electrons. The molecule has 0 saturated carbocycles. The van der Waals surface area contributed by atoms with Crippen LogP contribution in [0.1, 0.15) is 30.6 Å². The molecule has 2 nitrogen and oxygen atoms in total. The number of halogens is 2. The lowest BCUT2D eigenvalue weighted by atomic mass is 9.96. The highest BCUT2D eigenvalue weighted by atomic mass is 35.5. The third-order valence-corrected chi connectivity index (χ3v) is 5.34. The molecule has 1 aliphatic heterocycles. The second kappa shape index (κ2) is 5.91. The Bertz CT molecular complexity index is 898. The summed E-state index contributed by atoms with van der Waals surface area (Å²) < 4.78 is 15.7. The van der Waals surface area contributed by atoms with Gasteiger partial charge in [-0.15, -0.1) is 0 Å². The van der Waals surface area contributed by atoms with Crippen LogP contribution in [0, 0.1) is 5.82 Å². The normalized spacial score (nSPS) is 18.1. The largest absolute Gasteiger partial charge is 0.312 e. The summed E-state index contributed by atoms with van der Waals surface area (Å²) >= 11 is 6.27. The molecule has 4 heteroatoms. The molecule has 24 heavy (non-hydrogen) atoms. The highest BCUT2D eigenvalue weighted by Crippen LogP contribution is 2.40. The summed E-state index contributed by atoms with van der Waals surface area (Å²) in [5, 5.41) is 1.97. The van der Waals surface area contributed by atoms with Crippen LogP contribution >= 0.6 is 11.6 Å². The van der Waals surface area contributed by atoms with E-state index in [4.69, 9.17) is 11.6 Å². The zero-order valence-electron chi connectivity index (χ0n) is 13.9. The number of rotatable bonds is 2. The number of hydrogen-bond donors (Lipinski definition) is 0. The van der Waals surface area contributed by atoms with Gasteiger partial charge < -0.3 is 4.57 Å². The lowest BCUT2D eigenvalue weighted by Crippen LogP contribution is -2.32. The molecule has 0 fully saturated rings. The third-order valence-electron chi connectivity index (χ3n) is 5.11. The van der Waals surface area contributed by atoms with Gasteiger partial charge in [0.2, 0.25) is 0 Å². The fourth-order valence-electron chi connectivity index (χ4n) is 3.99. The van der Waals surface area contributed by atoms with Crippen molar-refractivity contribution in [2.24, 2.45) is 0 Å². The van der Waals surface area contributed by atoms with Gasteiger partial charge in [-0.3, -0.25) is 4.90 Å². The van der Waals surface area contributed by atoms with Gasteiger partial charge in [-0.25, -0.2) is 4.39 Å². The second-order valence-corrected chi connectivity index (χ2v) is 6.93. The van der Waals surface area contributed by atoms with Crippen LogP contribution < -0.4 is 0 Å². The minimum Gasteiger partial charge on any atom is -0.312 e. The summed E-state index contributed by atoms with van der Waals surface area (Å²) in [5.41, 5.74) is 4.83. The molecular weight excluding hydrogens is 323 g/mol. The molecule has 1 aromatic heterocycles. The number of hydrogen-bond acceptors (Lipinski definition) is 1. The maximum absolute atomic E-state index is 13.4. The molecule has 0 aliphatic carbocycles. The SMILES string of the molecule is CCC1c2c(c3cc(Cl)ccc3n2-c2ccc(F)cc2)CCN1C. The maximum atomic E-state index is 13.4. The first-order chi connectivity index (χ1) is 11.6. The number of nitrogens with zero attached hydrogens (tertiary/aromatic N) is 2. The molecule has 2 heterocycles. The standard InChI is InChI=1S/C20H20ClFN2/c1-3-18-20-16(10-11-23(18)2)17-12-13(21)4-9-19(17)24(20)15-7-5-14(22)6-8-15/h4-9,12,18H,3,10-11H2,1-2H3. The lowest BCUT2D eigenvalue weighted by molar-refractivity contribution is 0.219. The summed E-state index contributed by atoms with van der Waals surface area (Å²) in [6, 6.07) is 13.2. The molecule has 0 N–H and O–H groups in total. The zero-order valence-corrected chi connectivity index (χ0v) is 14.6. The summed E-state index contributed by atoms with van der Waals surface area (Å²) in [4.78, 5) is 2.41. The zero-order chi connectivity index (χ0) is 16.8. The average Bonchev–Trinajstić information content (AvgIpc) is 2.89. The fraction of sp³-hybridized carbons (Fsp3) is 0.300. The minimum atomic E-state index is -0.212. The predicted octanol–water partition coefficient (Wildman–Crippen LogP) is 5.36. The van der Waals surface area contributed by atoms with Gasteiger partial charge in [-0.2, -0.15) is 0 Å². The van der Waals surface area contributed by atoms with Gasteiger partial charge in [-0.1, -0.05) is 18.5 Å². The minimum absolute atomic E-state index is 0.212. The van der Waals surface area contributed by atoms with Gasteiger partial charge in [0.25, 0.3) is 0 Å². The molecule has 0 bridgehead atoms. The van der Waals surface area contributed by atoms with Crippen LogP contribution in [0.5, 0.6) is 0 Å². The molecule has 0 amide bonds. The van der Waals surface area contributed by atoms with Gasteiger partial charge >= 0.3 is 0 Å². The van der Waals surface area contributed by atoms with E-state index in [2.05, 4.69) is 35.6 Å². The molecule has 1 aliphatic rings. The van der Waals surface area contributed by atoms with Crippen LogP contribution in [0.25, 0.3) is 16.6 Å². The van der Waals surface area contributed by atoms with E-state index in [1.807, 2.05) is 18.2 Å². The van der Waals surface area contributed by atoms with Crippen LogP contribution in [0.15, 0.2) is 42.5 Å². The fourth-order valence-corrected chi connectivity index (χ4v) is 4.16. The Morgan fingerprint density at radius 1 is 1.17 bits per heavy atom. The van der Waals surface area contributed by atoms with Crippen molar-refractivity contribution in [1.82, 2.24) is 9.47 Å². The Kier molecular flexibility index (Phi) is 3.86. The van der Waals surface area contributed by atoms with Crippen molar-refractivity contribution in [3.05, 3.63) is 64.6 Å².